The molecule has 29 heavy (non-hydrogen) atoms. The van der Waals surface area contributed by atoms with Crippen LogP contribution in [0.4, 0.5) is 5.69 Å². The SMILES string of the molecule is O=C(O)CCCCCCCCC(=O)Nc1ccccc1OCCCCCC(=O)O. The van der Waals surface area contributed by atoms with Gasteiger partial charge in [0.05, 0.1) is 12.3 Å². The number of benzene rings is 1. The highest BCUT2D eigenvalue weighted by Gasteiger charge is 2.08. The Kier molecular flexibility index (Phi) is 13.0. The number of carboxylic acid groups (broad SMARTS) is 2. The number of rotatable bonds is 17. The van der Waals surface area contributed by atoms with E-state index in [2.05, 4.69) is 5.32 Å². The van der Waals surface area contributed by atoms with Crippen LogP contribution in [0.1, 0.15) is 77.0 Å². The van der Waals surface area contributed by atoms with Gasteiger partial charge in [-0.15, -0.1) is 0 Å². The van der Waals surface area contributed by atoms with Crippen molar-refractivity contribution < 1.29 is 29.3 Å². The van der Waals surface area contributed by atoms with Crippen LogP contribution >= 0.6 is 0 Å². The lowest BCUT2D eigenvalue weighted by Crippen LogP contribution is -2.12. The highest BCUT2D eigenvalue weighted by atomic mass is 16.5. The topological polar surface area (TPSA) is 113 Å². The van der Waals surface area contributed by atoms with Gasteiger partial charge in [-0.05, 0) is 44.2 Å². The van der Waals surface area contributed by atoms with Crippen molar-refractivity contribution in [2.45, 2.75) is 77.0 Å². The average Bonchev–Trinajstić information content (AvgIpc) is 2.67. The minimum absolute atomic E-state index is 0.0478. The van der Waals surface area contributed by atoms with Crippen molar-refractivity contribution in [3.63, 3.8) is 0 Å². The fourth-order valence-electron chi connectivity index (χ4n) is 2.91. The van der Waals surface area contributed by atoms with Gasteiger partial charge in [0, 0.05) is 19.3 Å². The number of nitrogens with one attached hydrogen (secondary N) is 1. The summed E-state index contributed by atoms with van der Waals surface area (Å²) < 4.78 is 5.74. The Morgan fingerprint density at radius 1 is 0.724 bits per heavy atom. The van der Waals surface area contributed by atoms with Gasteiger partial charge < -0.3 is 20.3 Å². The maximum atomic E-state index is 12.2. The van der Waals surface area contributed by atoms with Gasteiger partial charge in [-0.1, -0.05) is 37.8 Å². The first-order chi connectivity index (χ1) is 14.0. The largest absolute Gasteiger partial charge is 0.491 e. The molecular formula is C22H33NO6. The monoisotopic (exact) mass is 407 g/mol. The van der Waals surface area contributed by atoms with Crippen LogP contribution in [0.15, 0.2) is 24.3 Å². The van der Waals surface area contributed by atoms with Gasteiger partial charge >= 0.3 is 11.9 Å². The average molecular weight is 408 g/mol. The molecule has 0 radical (unpaired) electrons. The zero-order valence-electron chi connectivity index (χ0n) is 17.0. The van der Waals surface area contributed by atoms with E-state index in [0.717, 1.165) is 44.9 Å². The van der Waals surface area contributed by atoms with E-state index in [-0.39, 0.29) is 18.7 Å². The van der Waals surface area contributed by atoms with Crippen molar-refractivity contribution in [3.05, 3.63) is 24.3 Å². The summed E-state index contributed by atoms with van der Waals surface area (Å²) in [6, 6.07) is 7.30. The molecule has 7 heteroatoms. The Bertz CT molecular complexity index is 631. The first-order valence-corrected chi connectivity index (χ1v) is 10.4. The number of aliphatic carboxylic acids is 2. The third-order valence-electron chi connectivity index (χ3n) is 4.50. The van der Waals surface area contributed by atoms with E-state index in [0.29, 0.717) is 37.3 Å². The summed E-state index contributed by atoms with van der Waals surface area (Å²) in [6.07, 6.45) is 8.43. The minimum Gasteiger partial charge on any atom is -0.491 e. The van der Waals surface area contributed by atoms with Crippen LogP contribution < -0.4 is 10.1 Å². The first kappa shape index (κ1) is 24.5. The number of anilines is 1. The Balaban J connectivity index is 2.19. The van der Waals surface area contributed by atoms with E-state index in [1.54, 1.807) is 6.07 Å². The third-order valence-corrected chi connectivity index (χ3v) is 4.50. The second-order valence-electron chi connectivity index (χ2n) is 7.11. The number of amides is 1. The number of hydrogen-bond acceptors (Lipinski definition) is 4. The van der Waals surface area contributed by atoms with Crippen LogP contribution in [0.25, 0.3) is 0 Å². The van der Waals surface area contributed by atoms with Gasteiger partial charge in [0.25, 0.3) is 0 Å². The minimum atomic E-state index is -0.780. The molecule has 162 valence electrons. The van der Waals surface area contributed by atoms with Crippen LogP contribution in [-0.4, -0.2) is 34.7 Å². The third kappa shape index (κ3) is 13.3. The number of carbonyl (C=O) groups is 3. The molecule has 1 aromatic rings. The van der Waals surface area contributed by atoms with Crippen molar-refractivity contribution >= 4 is 23.5 Å². The highest BCUT2D eigenvalue weighted by Crippen LogP contribution is 2.24. The lowest BCUT2D eigenvalue weighted by atomic mass is 10.1. The van der Waals surface area contributed by atoms with Crippen molar-refractivity contribution in [3.8, 4) is 5.75 Å². The summed E-state index contributed by atoms with van der Waals surface area (Å²) in [5.41, 5.74) is 0.650. The Hall–Kier alpha value is -2.57. The van der Waals surface area contributed by atoms with E-state index < -0.39 is 11.9 Å². The predicted octanol–water partition coefficient (Wildman–Crippen LogP) is 4.85. The second-order valence-corrected chi connectivity index (χ2v) is 7.11. The first-order valence-electron chi connectivity index (χ1n) is 10.4. The highest BCUT2D eigenvalue weighted by molar-refractivity contribution is 5.92. The van der Waals surface area contributed by atoms with Crippen molar-refractivity contribution in [1.82, 2.24) is 0 Å². The quantitative estimate of drug-likeness (QED) is 0.318. The van der Waals surface area contributed by atoms with Crippen molar-refractivity contribution in [2.24, 2.45) is 0 Å². The molecule has 1 rings (SSSR count). The molecule has 0 aromatic heterocycles. The summed E-state index contributed by atoms with van der Waals surface area (Å²) in [7, 11) is 0. The Morgan fingerprint density at radius 2 is 1.24 bits per heavy atom. The lowest BCUT2D eigenvalue weighted by molar-refractivity contribution is -0.138. The number of para-hydroxylation sites is 2. The molecule has 3 N–H and O–H groups in total. The molecule has 0 aliphatic heterocycles. The molecule has 1 aromatic carbocycles. The number of ether oxygens (including phenoxy) is 1. The molecule has 0 saturated heterocycles. The van der Waals surface area contributed by atoms with E-state index in [1.807, 2.05) is 18.2 Å². The molecule has 0 unspecified atom stereocenters. The maximum absolute atomic E-state index is 12.2. The molecule has 0 fully saturated rings. The Labute approximate surface area is 172 Å². The number of carbonyl (C=O) groups excluding carboxylic acids is 1. The zero-order valence-corrected chi connectivity index (χ0v) is 17.0. The number of unbranched alkanes of at least 4 members (excludes halogenated alkanes) is 7. The number of hydrogen-bond donors (Lipinski definition) is 3. The van der Waals surface area contributed by atoms with Crippen LogP contribution in [0.5, 0.6) is 5.75 Å². The smallest absolute Gasteiger partial charge is 0.303 e. The van der Waals surface area contributed by atoms with E-state index in [4.69, 9.17) is 14.9 Å². The van der Waals surface area contributed by atoms with E-state index >= 15 is 0 Å². The summed E-state index contributed by atoms with van der Waals surface area (Å²) >= 11 is 0. The van der Waals surface area contributed by atoms with Gasteiger partial charge in [-0.25, -0.2) is 0 Å². The molecule has 0 aliphatic carbocycles. The number of carboxylic acids is 2. The molecule has 0 bridgehead atoms. The molecule has 0 spiro atoms. The predicted molar refractivity (Wildman–Crippen MR) is 111 cm³/mol. The molecular weight excluding hydrogens is 374 g/mol. The van der Waals surface area contributed by atoms with Gasteiger partial charge in [0.15, 0.2) is 0 Å². The van der Waals surface area contributed by atoms with Crippen molar-refractivity contribution in [1.29, 1.82) is 0 Å². The van der Waals surface area contributed by atoms with Gasteiger partial charge in [0.1, 0.15) is 5.75 Å². The molecule has 1 amide bonds. The van der Waals surface area contributed by atoms with Crippen LogP contribution in [0.2, 0.25) is 0 Å². The molecule has 7 nitrogen and oxygen atoms in total. The van der Waals surface area contributed by atoms with Crippen LogP contribution in [-0.2, 0) is 14.4 Å². The van der Waals surface area contributed by atoms with Gasteiger partial charge in [-0.2, -0.15) is 0 Å². The molecule has 0 heterocycles. The fraction of sp³-hybridized carbons (Fsp3) is 0.591. The summed E-state index contributed by atoms with van der Waals surface area (Å²) in [5.74, 6) is -0.952. The van der Waals surface area contributed by atoms with Crippen LogP contribution in [0, 0.1) is 0 Å². The molecule has 0 atom stereocenters. The van der Waals surface area contributed by atoms with Gasteiger partial charge in [0.2, 0.25) is 5.91 Å². The standard InChI is InChI=1S/C22H33NO6/c24-20(14-6-3-1-2-4-7-15-21(25)26)23-18-12-9-10-13-19(18)29-17-11-5-8-16-22(27)28/h9-10,12-13H,1-8,11,14-17H2,(H,23,24)(H,25,26)(H,27,28). The lowest BCUT2D eigenvalue weighted by Gasteiger charge is -2.12. The van der Waals surface area contributed by atoms with Crippen molar-refractivity contribution in [2.75, 3.05) is 11.9 Å². The summed E-state index contributed by atoms with van der Waals surface area (Å²) in [4.78, 5) is 33.1. The normalized spacial score (nSPS) is 10.5. The zero-order chi connectivity index (χ0) is 21.3. The fourth-order valence-corrected chi connectivity index (χ4v) is 2.91. The van der Waals surface area contributed by atoms with E-state index in [9.17, 15) is 14.4 Å². The summed E-state index contributed by atoms with van der Waals surface area (Å²) in [6.45, 7) is 0.481. The molecule has 0 aliphatic rings. The Morgan fingerprint density at radius 3 is 1.86 bits per heavy atom. The van der Waals surface area contributed by atoms with E-state index in [1.165, 1.54) is 0 Å². The van der Waals surface area contributed by atoms with Crippen LogP contribution in [0.3, 0.4) is 0 Å². The second kappa shape index (κ2) is 15.4. The summed E-state index contributed by atoms with van der Waals surface area (Å²) in [5, 5.41) is 20.1. The molecule has 0 saturated carbocycles. The maximum Gasteiger partial charge on any atom is 0.303 e. The van der Waals surface area contributed by atoms with Gasteiger partial charge in [-0.3, -0.25) is 14.4 Å².